The maximum Gasteiger partial charge on any atom is 0.245 e. The molecule has 2 amide bonds. The first-order chi connectivity index (χ1) is 10.1. The molecule has 2 heterocycles. The van der Waals surface area contributed by atoms with Crippen molar-refractivity contribution in [3.05, 3.63) is 53.5 Å². The third-order valence-electron chi connectivity index (χ3n) is 3.87. The lowest BCUT2D eigenvalue weighted by Crippen LogP contribution is -2.29. The highest BCUT2D eigenvalue weighted by molar-refractivity contribution is 6.22. The van der Waals surface area contributed by atoms with E-state index in [0.29, 0.717) is 11.4 Å². The summed E-state index contributed by atoms with van der Waals surface area (Å²) < 4.78 is 5.75. The summed E-state index contributed by atoms with van der Waals surface area (Å²) in [5.41, 5.74) is 1.65. The van der Waals surface area contributed by atoms with E-state index in [1.807, 2.05) is 38.1 Å². The van der Waals surface area contributed by atoms with Gasteiger partial charge in [-0.3, -0.25) is 9.59 Å². The number of aryl methyl sites for hydroxylation is 2. The normalized spacial score (nSPS) is 18.6. The lowest BCUT2D eigenvalue weighted by molar-refractivity contribution is -0.121. The van der Waals surface area contributed by atoms with Crippen LogP contribution in [-0.4, -0.2) is 11.8 Å². The molecule has 1 aliphatic heterocycles. The van der Waals surface area contributed by atoms with E-state index in [1.165, 1.54) is 4.90 Å². The minimum absolute atomic E-state index is 0.170. The van der Waals surface area contributed by atoms with Gasteiger partial charge >= 0.3 is 0 Å². The van der Waals surface area contributed by atoms with Gasteiger partial charge in [0, 0.05) is 12.8 Å². The molecule has 21 heavy (non-hydrogen) atoms. The predicted octanol–water partition coefficient (Wildman–Crippen LogP) is 3.20. The minimum atomic E-state index is -0.503. The molecule has 3 rings (SSSR count). The fraction of sp³-hybridized carbons (Fsp3) is 0.294. The van der Waals surface area contributed by atoms with Crippen LogP contribution in [0.5, 0.6) is 0 Å². The van der Waals surface area contributed by atoms with Gasteiger partial charge in [0.2, 0.25) is 11.8 Å². The molecule has 1 aliphatic rings. The molecule has 1 saturated heterocycles. The second-order valence-electron chi connectivity index (χ2n) is 5.27. The molecule has 4 heteroatoms. The van der Waals surface area contributed by atoms with Gasteiger partial charge in [-0.25, -0.2) is 4.90 Å². The van der Waals surface area contributed by atoms with Crippen molar-refractivity contribution in [3.8, 4) is 0 Å². The second-order valence-corrected chi connectivity index (χ2v) is 5.27. The van der Waals surface area contributed by atoms with Crippen LogP contribution in [0.15, 0.2) is 40.8 Å². The summed E-state index contributed by atoms with van der Waals surface area (Å²) >= 11 is 0. The molecule has 0 radical (unpaired) electrons. The zero-order valence-electron chi connectivity index (χ0n) is 12.1. The van der Waals surface area contributed by atoms with Gasteiger partial charge in [0.05, 0.1) is 5.69 Å². The van der Waals surface area contributed by atoms with Gasteiger partial charge in [-0.2, -0.15) is 0 Å². The standard InChI is InChI=1S/C17H17NO3/c1-3-14-11(2)9-15(21-14)13-10-16(19)18(17(13)20)12-7-5-4-6-8-12/h4-9,13H,3,10H2,1-2H3. The molecular formula is C17H17NO3. The highest BCUT2D eigenvalue weighted by atomic mass is 16.3. The van der Waals surface area contributed by atoms with Gasteiger partial charge < -0.3 is 4.42 Å². The molecule has 2 aromatic rings. The van der Waals surface area contributed by atoms with E-state index < -0.39 is 5.92 Å². The van der Waals surface area contributed by atoms with Gasteiger partial charge in [-0.05, 0) is 30.7 Å². The fourth-order valence-electron chi connectivity index (χ4n) is 2.77. The van der Waals surface area contributed by atoms with Crippen molar-refractivity contribution in [1.82, 2.24) is 0 Å². The Hall–Kier alpha value is -2.36. The van der Waals surface area contributed by atoms with Crippen molar-refractivity contribution in [2.24, 2.45) is 0 Å². The van der Waals surface area contributed by atoms with Crippen molar-refractivity contribution in [2.75, 3.05) is 4.90 Å². The average Bonchev–Trinajstić information content (AvgIpc) is 3.00. The largest absolute Gasteiger partial charge is 0.465 e. The highest BCUT2D eigenvalue weighted by Crippen LogP contribution is 2.34. The molecule has 4 nitrogen and oxygen atoms in total. The van der Waals surface area contributed by atoms with Gasteiger partial charge in [0.1, 0.15) is 17.4 Å². The number of anilines is 1. The van der Waals surface area contributed by atoms with Crippen LogP contribution in [0.1, 0.15) is 36.3 Å². The highest BCUT2D eigenvalue weighted by Gasteiger charge is 2.42. The zero-order chi connectivity index (χ0) is 15.0. The average molecular weight is 283 g/mol. The first-order valence-corrected chi connectivity index (χ1v) is 7.13. The SMILES string of the molecule is CCc1oc(C2CC(=O)N(c3ccccc3)C2=O)cc1C. The molecule has 0 aliphatic carbocycles. The number of furan rings is 1. The number of hydrogen-bond donors (Lipinski definition) is 0. The zero-order valence-corrected chi connectivity index (χ0v) is 12.1. The number of hydrogen-bond acceptors (Lipinski definition) is 3. The van der Waals surface area contributed by atoms with Crippen molar-refractivity contribution in [3.63, 3.8) is 0 Å². The maximum atomic E-state index is 12.6. The number of amides is 2. The Kier molecular flexibility index (Phi) is 3.37. The molecule has 0 N–H and O–H groups in total. The van der Waals surface area contributed by atoms with Gasteiger partial charge in [-0.1, -0.05) is 25.1 Å². The minimum Gasteiger partial charge on any atom is -0.465 e. The van der Waals surface area contributed by atoms with Gasteiger partial charge in [-0.15, -0.1) is 0 Å². The summed E-state index contributed by atoms with van der Waals surface area (Å²) in [7, 11) is 0. The van der Waals surface area contributed by atoms with Crippen molar-refractivity contribution in [2.45, 2.75) is 32.6 Å². The van der Waals surface area contributed by atoms with Crippen LogP contribution in [0, 0.1) is 6.92 Å². The topological polar surface area (TPSA) is 50.5 Å². The fourth-order valence-corrected chi connectivity index (χ4v) is 2.77. The lowest BCUT2D eigenvalue weighted by Gasteiger charge is -2.14. The number of rotatable bonds is 3. The number of carbonyl (C=O) groups is 2. The number of para-hydroxylation sites is 1. The molecule has 0 saturated carbocycles. The summed E-state index contributed by atoms with van der Waals surface area (Å²) in [5.74, 6) is 0.590. The Morgan fingerprint density at radius 3 is 2.57 bits per heavy atom. The van der Waals surface area contributed by atoms with Crippen LogP contribution in [0.25, 0.3) is 0 Å². The van der Waals surface area contributed by atoms with Crippen LogP contribution in [0.3, 0.4) is 0 Å². The number of imide groups is 1. The lowest BCUT2D eigenvalue weighted by atomic mass is 10.0. The monoisotopic (exact) mass is 283 g/mol. The van der Waals surface area contributed by atoms with Crippen LogP contribution >= 0.6 is 0 Å². The molecule has 108 valence electrons. The van der Waals surface area contributed by atoms with Crippen molar-refractivity contribution >= 4 is 17.5 Å². The summed E-state index contributed by atoms with van der Waals surface area (Å²) in [4.78, 5) is 26.0. The molecule has 0 spiro atoms. The molecule has 1 atom stereocenters. The number of benzene rings is 1. The van der Waals surface area contributed by atoms with Crippen LogP contribution in [0.2, 0.25) is 0 Å². The van der Waals surface area contributed by atoms with E-state index in [4.69, 9.17) is 4.42 Å². The predicted molar refractivity (Wildman–Crippen MR) is 79.1 cm³/mol. The Morgan fingerprint density at radius 2 is 1.95 bits per heavy atom. The van der Waals surface area contributed by atoms with E-state index in [0.717, 1.165) is 17.7 Å². The second kappa shape index (κ2) is 5.20. The van der Waals surface area contributed by atoms with Gasteiger partial charge in [0.15, 0.2) is 0 Å². The van der Waals surface area contributed by atoms with Crippen LogP contribution in [0.4, 0.5) is 5.69 Å². The first kappa shape index (κ1) is 13.6. The summed E-state index contributed by atoms with van der Waals surface area (Å²) in [6.07, 6.45) is 0.951. The van der Waals surface area contributed by atoms with Gasteiger partial charge in [0.25, 0.3) is 0 Å². The molecule has 1 aromatic carbocycles. The van der Waals surface area contributed by atoms with Crippen molar-refractivity contribution < 1.29 is 14.0 Å². The third kappa shape index (κ3) is 2.27. The molecule has 1 unspecified atom stereocenters. The van der Waals surface area contributed by atoms with Crippen LogP contribution < -0.4 is 4.90 Å². The summed E-state index contributed by atoms with van der Waals surface area (Å²) in [5, 5.41) is 0. The molecule has 1 aromatic heterocycles. The summed E-state index contributed by atoms with van der Waals surface area (Å²) in [6.45, 7) is 3.97. The molecular weight excluding hydrogens is 266 g/mol. The maximum absolute atomic E-state index is 12.6. The van der Waals surface area contributed by atoms with E-state index in [9.17, 15) is 9.59 Å². The van der Waals surface area contributed by atoms with Crippen LogP contribution in [-0.2, 0) is 16.0 Å². The third-order valence-corrected chi connectivity index (χ3v) is 3.87. The van der Waals surface area contributed by atoms with Crippen molar-refractivity contribution in [1.29, 1.82) is 0 Å². The Bertz CT molecular complexity index is 687. The van der Waals surface area contributed by atoms with E-state index in [-0.39, 0.29) is 18.2 Å². The quantitative estimate of drug-likeness (QED) is 0.813. The van der Waals surface area contributed by atoms with E-state index in [1.54, 1.807) is 12.1 Å². The first-order valence-electron chi connectivity index (χ1n) is 7.13. The molecule has 1 fully saturated rings. The Balaban J connectivity index is 1.93. The number of carbonyl (C=O) groups excluding carboxylic acids is 2. The number of nitrogens with zero attached hydrogens (tertiary/aromatic N) is 1. The molecule has 0 bridgehead atoms. The Labute approximate surface area is 123 Å². The smallest absolute Gasteiger partial charge is 0.245 e. The summed E-state index contributed by atoms with van der Waals surface area (Å²) in [6, 6.07) is 10.9. The van der Waals surface area contributed by atoms with E-state index >= 15 is 0 Å². The Morgan fingerprint density at radius 1 is 1.24 bits per heavy atom. The van der Waals surface area contributed by atoms with E-state index in [2.05, 4.69) is 0 Å².